The number of carbonyl (C=O) groups is 1. The van der Waals surface area contributed by atoms with Crippen molar-refractivity contribution in [1.82, 2.24) is 15.7 Å². The van der Waals surface area contributed by atoms with Gasteiger partial charge in [0.2, 0.25) is 11.5 Å². The average Bonchev–Trinajstić information content (AvgIpc) is 2.95. The van der Waals surface area contributed by atoms with Gasteiger partial charge in [-0.3, -0.25) is 4.79 Å². The summed E-state index contributed by atoms with van der Waals surface area (Å²) in [5.41, 5.74) is 8.32. The second kappa shape index (κ2) is 4.74. The molecular formula is C9H9N5O2S. The third-order valence-corrected chi connectivity index (χ3v) is 2.91. The lowest BCUT2D eigenvalue weighted by molar-refractivity contribution is 0.0945. The summed E-state index contributed by atoms with van der Waals surface area (Å²) in [5, 5.41) is 12.5. The molecule has 0 saturated carbocycles. The Morgan fingerprint density at radius 1 is 1.59 bits per heavy atom. The van der Waals surface area contributed by atoms with Crippen molar-refractivity contribution in [3.8, 4) is 0 Å². The highest BCUT2D eigenvalue weighted by atomic mass is 32.1. The van der Waals surface area contributed by atoms with Gasteiger partial charge in [0.15, 0.2) is 0 Å². The Hall–Kier alpha value is -2.22. The van der Waals surface area contributed by atoms with Crippen LogP contribution in [0.25, 0.3) is 0 Å². The van der Waals surface area contributed by atoms with E-state index in [1.54, 1.807) is 6.92 Å². The van der Waals surface area contributed by atoms with Gasteiger partial charge in [0.1, 0.15) is 0 Å². The predicted octanol–water partition coefficient (Wildman–Crippen LogP) is 0.867. The second-order valence-electron chi connectivity index (χ2n) is 3.11. The Balaban J connectivity index is 2.06. The van der Waals surface area contributed by atoms with Gasteiger partial charge in [0, 0.05) is 4.88 Å². The maximum absolute atomic E-state index is 11.5. The van der Waals surface area contributed by atoms with Crippen LogP contribution in [0, 0.1) is 0 Å². The zero-order valence-corrected chi connectivity index (χ0v) is 9.69. The maximum atomic E-state index is 11.5. The van der Waals surface area contributed by atoms with Crippen molar-refractivity contribution in [3.63, 3.8) is 0 Å². The van der Waals surface area contributed by atoms with E-state index in [0.29, 0.717) is 5.71 Å². The maximum Gasteiger partial charge on any atom is 0.297 e. The standard InChI is InChI=1S/C9H9N5O2S/c1-5(6-3-2-4-17-6)11-12-9(15)7-8(10)14-16-13-7/h2-4H,1H3,(H2,10,14)(H,12,15). The van der Waals surface area contributed by atoms with E-state index in [9.17, 15) is 4.79 Å². The molecule has 0 aliphatic heterocycles. The molecule has 2 aromatic heterocycles. The topological polar surface area (TPSA) is 106 Å². The van der Waals surface area contributed by atoms with Crippen LogP contribution >= 0.6 is 11.3 Å². The van der Waals surface area contributed by atoms with Crippen LogP contribution in [0.4, 0.5) is 5.82 Å². The lowest BCUT2D eigenvalue weighted by Crippen LogP contribution is -2.20. The van der Waals surface area contributed by atoms with Crippen molar-refractivity contribution in [3.05, 3.63) is 28.1 Å². The van der Waals surface area contributed by atoms with E-state index < -0.39 is 5.91 Å². The Morgan fingerprint density at radius 2 is 2.41 bits per heavy atom. The minimum atomic E-state index is -0.556. The molecule has 7 nitrogen and oxygen atoms in total. The minimum Gasteiger partial charge on any atom is -0.379 e. The number of hydrogen-bond donors (Lipinski definition) is 2. The third kappa shape index (κ3) is 2.48. The fourth-order valence-electron chi connectivity index (χ4n) is 1.08. The lowest BCUT2D eigenvalue weighted by atomic mass is 10.3. The molecule has 17 heavy (non-hydrogen) atoms. The summed E-state index contributed by atoms with van der Waals surface area (Å²) in [5.74, 6) is -0.619. The van der Waals surface area contributed by atoms with E-state index in [0.717, 1.165) is 4.88 Å². The third-order valence-electron chi connectivity index (χ3n) is 1.93. The van der Waals surface area contributed by atoms with Crippen LogP contribution < -0.4 is 11.2 Å². The Bertz CT molecular complexity index is 545. The van der Waals surface area contributed by atoms with E-state index in [1.807, 2.05) is 17.5 Å². The van der Waals surface area contributed by atoms with Crippen LogP contribution in [0.3, 0.4) is 0 Å². The quantitative estimate of drug-likeness (QED) is 0.621. The molecule has 88 valence electrons. The van der Waals surface area contributed by atoms with Gasteiger partial charge < -0.3 is 5.73 Å². The molecular weight excluding hydrogens is 242 g/mol. The molecule has 2 aromatic rings. The van der Waals surface area contributed by atoms with Crippen molar-refractivity contribution < 1.29 is 9.42 Å². The number of nitrogens with two attached hydrogens (primary N) is 1. The molecule has 0 bridgehead atoms. The van der Waals surface area contributed by atoms with Crippen LogP contribution in [0.15, 0.2) is 27.2 Å². The van der Waals surface area contributed by atoms with Crippen LogP contribution in [-0.2, 0) is 0 Å². The summed E-state index contributed by atoms with van der Waals surface area (Å²) < 4.78 is 4.31. The van der Waals surface area contributed by atoms with Gasteiger partial charge in [-0.25, -0.2) is 10.1 Å². The van der Waals surface area contributed by atoms with E-state index in [1.165, 1.54) is 11.3 Å². The van der Waals surface area contributed by atoms with E-state index in [-0.39, 0.29) is 11.5 Å². The van der Waals surface area contributed by atoms with Gasteiger partial charge in [-0.2, -0.15) is 5.10 Å². The smallest absolute Gasteiger partial charge is 0.297 e. The molecule has 0 saturated heterocycles. The number of amides is 1. The number of nitrogen functional groups attached to an aromatic ring is 1. The summed E-state index contributed by atoms with van der Waals surface area (Å²) >= 11 is 1.53. The first-order chi connectivity index (χ1) is 8.18. The number of aromatic nitrogens is 2. The van der Waals surface area contributed by atoms with E-state index >= 15 is 0 Å². The number of nitrogens with zero attached hydrogens (tertiary/aromatic N) is 3. The van der Waals surface area contributed by atoms with Gasteiger partial charge in [0.05, 0.1) is 5.71 Å². The van der Waals surface area contributed by atoms with Gasteiger partial charge in [-0.05, 0) is 28.7 Å². The highest BCUT2D eigenvalue weighted by molar-refractivity contribution is 7.12. The van der Waals surface area contributed by atoms with Crippen molar-refractivity contribution in [2.45, 2.75) is 6.92 Å². The monoisotopic (exact) mass is 251 g/mol. The largest absolute Gasteiger partial charge is 0.379 e. The van der Waals surface area contributed by atoms with Crippen LogP contribution in [-0.4, -0.2) is 21.9 Å². The molecule has 0 radical (unpaired) electrons. The molecule has 0 aliphatic rings. The summed E-state index contributed by atoms with van der Waals surface area (Å²) in [6.45, 7) is 1.79. The molecule has 0 spiro atoms. The normalized spacial score (nSPS) is 11.5. The molecule has 0 aliphatic carbocycles. The molecule has 3 N–H and O–H groups in total. The zero-order valence-electron chi connectivity index (χ0n) is 8.88. The summed E-state index contributed by atoms with van der Waals surface area (Å²) in [6.07, 6.45) is 0. The average molecular weight is 251 g/mol. The first kappa shape index (κ1) is 11.3. The molecule has 0 aromatic carbocycles. The van der Waals surface area contributed by atoms with E-state index in [2.05, 4.69) is 25.5 Å². The summed E-state index contributed by atoms with van der Waals surface area (Å²) in [6, 6.07) is 3.81. The Kier molecular flexibility index (Phi) is 3.15. The molecule has 0 fully saturated rings. The molecule has 0 unspecified atom stereocenters. The highest BCUT2D eigenvalue weighted by Gasteiger charge is 2.15. The highest BCUT2D eigenvalue weighted by Crippen LogP contribution is 2.09. The molecule has 8 heteroatoms. The SMILES string of the molecule is CC(=NNC(=O)c1nonc1N)c1cccs1. The molecule has 1 amide bonds. The van der Waals surface area contributed by atoms with Crippen molar-refractivity contribution in [2.24, 2.45) is 5.10 Å². The van der Waals surface area contributed by atoms with Crippen molar-refractivity contribution >= 4 is 28.8 Å². The number of hydrogen-bond acceptors (Lipinski definition) is 7. The minimum absolute atomic E-state index is 0.0634. The lowest BCUT2D eigenvalue weighted by Gasteiger charge is -1.98. The number of hydrazone groups is 1. The molecule has 2 rings (SSSR count). The summed E-state index contributed by atoms with van der Waals surface area (Å²) in [7, 11) is 0. The predicted molar refractivity (Wildman–Crippen MR) is 62.7 cm³/mol. The first-order valence-corrected chi connectivity index (χ1v) is 5.53. The van der Waals surface area contributed by atoms with Gasteiger partial charge in [-0.1, -0.05) is 6.07 Å². The van der Waals surface area contributed by atoms with E-state index in [4.69, 9.17) is 5.73 Å². The second-order valence-corrected chi connectivity index (χ2v) is 4.06. The molecule has 0 atom stereocenters. The number of nitrogens with one attached hydrogen (secondary N) is 1. The van der Waals surface area contributed by atoms with Crippen molar-refractivity contribution in [2.75, 3.05) is 5.73 Å². The van der Waals surface area contributed by atoms with Crippen molar-refractivity contribution in [1.29, 1.82) is 0 Å². The van der Waals surface area contributed by atoms with Gasteiger partial charge in [-0.15, -0.1) is 11.3 Å². The number of thiophene rings is 1. The number of rotatable bonds is 3. The Morgan fingerprint density at radius 3 is 3.00 bits per heavy atom. The van der Waals surface area contributed by atoms with Gasteiger partial charge in [0.25, 0.3) is 5.91 Å². The van der Waals surface area contributed by atoms with Gasteiger partial charge >= 0.3 is 0 Å². The fourth-order valence-corrected chi connectivity index (χ4v) is 1.76. The van der Waals surface area contributed by atoms with Crippen LogP contribution in [0.5, 0.6) is 0 Å². The fraction of sp³-hybridized carbons (Fsp3) is 0.111. The zero-order chi connectivity index (χ0) is 12.3. The van der Waals surface area contributed by atoms with Crippen LogP contribution in [0.2, 0.25) is 0 Å². The molecule has 2 heterocycles. The Labute approximate surface area is 100 Å². The number of carbonyl (C=O) groups excluding carboxylic acids is 1. The number of anilines is 1. The first-order valence-electron chi connectivity index (χ1n) is 4.65. The summed E-state index contributed by atoms with van der Waals surface area (Å²) in [4.78, 5) is 12.5. The van der Waals surface area contributed by atoms with Crippen LogP contribution in [0.1, 0.15) is 22.3 Å².